The van der Waals surface area contributed by atoms with E-state index in [-0.39, 0.29) is 0 Å². The summed E-state index contributed by atoms with van der Waals surface area (Å²) < 4.78 is 5.60. The van der Waals surface area contributed by atoms with Crippen molar-refractivity contribution in [2.24, 2.45) is 0 Å². The van der Waals surface area contributed by atoms with Crippen molar-refractivity contribution in [1.29, 1.82) is 0 Å². The highest BCUT2D eigenvalue weighted by molar-refractivity contribution is 6.30. The van der Waals surface area contributed by atoms with Crippen LogP contribution in [-0.4, -0.2) is 6.61 Å². The topological polar surface area (TPSA) is 47.3 Å². The molecule has 2 rings (SSSR count). The summed E-state index contributed by atoms with van der Waals surface area (Å²) in [5.41, 5.74) is 8.42. The summed E-state index contributed by atoms with van der Waals surface area (Å²) in [6.07, 6.45) is 0.953. The average molecular weight is 277 g/mol. The van der Waals surface area contributed by atoms with Gasteiger partial charge in [0.1, 0.15) is 5.75 Å². The van der Waals surface area contributed by atoms with E-state index in [1.165, 1.54) is 0 Å². The second-order valence-electron chi connectivity index (χ2n) is 4.23. The van der Waals surface area contributed by atoms with Crippen molar-refractivity contribution in [2.75, 3.05) is 17.7 Å². The van der Waals surface area contributed by atoms with Gasteiger partial charge in [-0.15, -0.1) is 0 Å². The molecule has 2 aromatic rings. The van der Waals surface area contributed by atoms with Gasteiger partial charge in [0.15, 0.2) is 0 Å². The molecule has 0 saturated heterocycles. The second kappa shape index (κ2) is 6.34. The van der Waals surface area contributed by atoms with Crippen LogP contribution >= 0.6 is 11.6 Å². The van der Waals surface area contributed by atoms with Gasteiger partial charge >= 0.3 is 0 Å². The fourth-order valence-electron chi connectivity index (χ4n) is 1.65. The molecule has 4 heteroatoms. The number of hydrogen-bond acceptors (Lipinski definition) is 3. The van der Waals surface area contributed by atoms with Crippen LogP contribution in [0.1, 0.15) is 13.3 Å². The van der Waals surface area contributed by atoms with Crippen molar-refractivity contribution in [3.05, 3.63) is 47.5 Å². The Hall–Kier alpha value is -1.87. The molecule has 0 heterocycles. The number of nitrogens with two attached hydrogens (primary N) is 1. The second-order valence-corrected chi connectivity index (χ2v) is 4.67. The van der Waals surface area contributed by atoms with E-state index in [2.05, 4.69) is 12.2 Å². The SMILES string of the molecule is CCCOc1cc(Nc2ccc(Cl)cc2)ccc1N. The Kier molecular flexibility index (Phi) is 4.53. The average Bonchev–Trinajstić information content (AvgIpc) is 2.42. The number of benzene rings is 2. The molecule has 0 amide bonds. The largest absolute Gasteiger partial charge is 0.491 e. The van der Waals surface area contributed by atoms with Crippen LogP contribution in [0.4, 0.5) is 17.1 Å². The molecule has 0 radical (unpaired) electrons. The zero-order valence-corrected chi connectivity index (χ0v) is 11.6. The van der Waals surface area contributed by atoms with E-state index in [1.807, 2.05) is 42.5 Å². The number of nitrogens with one attached hydrogen (secondary N) is 1. The zero-order valence-electron chi connectivity index (χ0n) is 10.8. The Labute approximate surface area is 118 Å². The molecule has 19 heavy (non-hydrogen) atoms. The molecule has 0 spiro atoms. The molecule has 0 aromatic heterocycles. The van der Waals surface area contributed by atoms with Crippen molar-refractivity contribution in [3.63, 3.8) is 0 Å². The van der Waals surface area contributed by atoms with Gasteiger partial charge in [-0.25, -0.2) is 0 Å². The molecule has 0 aliphatic carbocycles. The van der Waals surface area contributed by atoms with E-state index in [0.29, 0.717) is 18.0 Å². The normalized spacial score (nSPS) is 10.2. The summed E-state index contributed by atoms with van der Waals surface area (Å²) in [5, 5.41) is 4.00. The fraction of sp³-hybridized carbons (Fsp3) is 0.200. The Bertz CT molecular complexity index is 540. The molecule has 0 aliphatic rings. The molecule has 0 saturated carbocycles. The zero-order chi connectivity index (χ0) is 13.7. The van der Waals surface area contributed by atoms with Gasteiger partial charge < -0.3 is 15.8 Å². The Balaban J connectivity index is 2.14. The maximum atomic E-state index is 5.87. The predicted molar refractivity (Wildman–Crippen MR) is 81.4 cm³/mol. The Morgan fingerprint density at radius 3 is 2.47 bits per heavy atom. The molecule has 2 aromatic carbocycles. The van der Waals surface area contributed by atoms with Gasteiger partial charge in [-0.05, 0) is 42.8 Å². The van der Waals surface area contributed by atoms with E-state index in [4.69, 9.17) is 22.1 Å². The van der Waals surface area contributed by atoms with Crippen molar-refractivity contribution in [3.8, 4) is 5.75 Å². The molecule has 0 unspecified atom stereocenters. The fourth-order valence-corrected chi connectivity index (χ4v) is 1.78. The molecular formula is C15H17ClN2O. The van der Waals surface area contributed by atoms with Gasteiger partial charge in [-0.3, -0.25) is 0 Å². The van der Waals surface area contributed by atoms with Crippen LogP contribution in [0.5, 0.6) is 5.75 Å². The van der Waals surface area contributed by atoms with E-state index in [0.717, 1.165) is 22.8 Å². The predicted octanol–water partition coefficient (Wildman–Crippen LogP) is 4.45. The Morgan fingerprint density at radius 1 is 1.11 bits per heavy atom. The first-order chi connectivity index (χ1) is 9.19. The van der Waals surface area contributed by atoms with Gasteiger partial charge in [-0.2, -0.15) is 0 Å². The third kappa shape index (κ3) is 3.80. The minimum atomic E-state index is 0.648. The molecule has 3 nitrogen and oxygen atoms in total. The van der Waals surface area contributed by atoms with Gasteiger partial charge in [0.2, 0.25) is 0 Å². The molecule has 0 fully saturated rings. The first-order valence-corrected chi connectivity index (χ1v) is 6.61. The highest BCUT2D eigenvalue weighted by Gasteiger charge is 2.02. The van der Waals surface area contributed by atoms with Gasteiger partial charge in [0.05, 0.1) is 12.3 Å². The van der Waals surface area contributed by atoms with Crippen molar-refractivity contribution >= 4 is 28.7 Å². The van der Waals surface area contributed by atoms with Crippen molar-refractivity contribution < 1.29 is 4.74 Å². The number of halogens is 1. The summed E-state index contributed by atoms with van der Waals surface area (Å²) >= 11 is 5.85. The maximum absolute atomic E-state index is 5.87. The van der Waals surface area contributed by atoms with Crippen LogP contribution in [0.25, 0.3) is 0 Å². The molecule has 100 valence electrons. The van der Waals surface area contributed by atoms with Crippen molar-refractivity contribution in [1.82, 2.24) is 0 Å². The van der Waals surface area contributed by atoms with Crippen LogP contribution in [0, 0.1) is 0 Å². The number of ether oxygens (including phenoxy) is 1. The molecular weight excluding hydrogens is 260 g/mol. The third-order valence-corrected chi connectivity index (χ3v) is 2.86. The van der Waals surface area contributed by atoms with Crippen LogP contribution in [0.15, 0.2) is 42.5 Å². The van der Waals surface area contributed by atoms with Gasteiger partial charge in [0.25, 0.3) is 0 Å². The number of rotatable bonds is 5. The molecule has 3 N–H and O–H groups in total. The Morgan fingerprint density at radius 2 is 1.79 bits per heavy atom. The van der Waals surface area contributed by atoms with Gasteiger partial charge in [0, 0.05) is 22.5 Å². The minimum absolute atomic E-state index is 0.648. The number of anilines is 3. The van der Waals surface area contributed by atoms with E-state index < -0.39 is 0 Å². The molecule has 0 bridgehead atoms. The lowest BCUT2D eigenvalue weighted by atomic mass is 10.2. The standard InChI is InChI=1S/C15H17ClN2O/c1-2-9-19-15-10-13(7-8-14(15)17)18-12-5-3-11(16)4-6-12/h3-8,10,18H,2,9,17H2,1H3. The quantitative estimate of drug-likeness (QED) is 0.793. The molecule has 0 atom stereocenters. The number of hydrogen-bond donors (Lipinski definition) is 2. The number of nitrogen functional groups attached to an aromatic ring is 1. The lowest BCUT2D eigenvalue weighted by Crippen LogP contribution is -2.00. The van der Waals surface area contributed by atoms with Crippen LogP contribution in [0.3, 0.4) is 0 Å². The molecule has 0 aliphatic heterocycles. The highest BCUT2D eigenvalue weighted by atomic mass is 35.5. The smallest absolute Gasteiger partial charge is 0.144 e. The first-order valence-electron chi connectivity index (χ1n) is 6.24. The minimum Gasteiger partial charge on any atom is -0.491 e. The summed E-state index contributed by atoms with van der Waals surface area (Å²) in [6.45, 7) is 2.72. The van der Waals surface area contributed by atoms with Crippen LogP contribution in [-0.2, 0) is 0 Å². The summed E-state index contributed by atoms with van der Waals surface area (Å²) in [6, 6.07) is 13.2. The lowest BCUT2D eigenvalue weighted by molar-refractivity contribution is 0.319. The van der Waals surface area contributed by atoms with Gasteiger partial charge in [-0.1, -0.05) is 18.5 Å². The lowest BCUT2D eigenvalue weighted by Gasteiger charge is -2.11. The van der Waals surface area contributed by atoms with E-state index in [9.17, 15) is 0 Å². The van der Waals surface area contributed by atoms with Crippen molar-refractivity contribution in [2.45, 2.75) is 13.3 Å². The third-order valence-electron chi connectivity index (χ3n) is 2.61. The summed E-state index contributed by atoms with van der Waals surface area (Å²) in [5.74, 6) is 0.709. The van der Waals surface area contributed by atoms with E-state index >= 15 is 0 Å². The van der Waals surface area contributed by atoms with Crippen LogP contribution in [0.2, 0.25) is 5.02 Å². The monoisotopic (exact) mass is 276 g/mol. The van der Waals surface area contributed by atoms with E-state index in [1.54, 1.807) is 0 Å². The first kappa shape index (κ1) is 13.6. The highest BCUT2D eigenvalue weighted by Crippen LogP contribution is 2.28. The summed E-state index contributed by atoms with van der Waals surface area (Å²) in [4.78, 5) is 0. The van der Waals surface area contributed by atoms with Crippen LogP contribution < -0.4 is 15.8 Å². The summed E-state index contributed by atoms with van der Waals surface area (Å²) in [7, 11) is 0. The maximum Gasteiger partial charge on any atom is 0.144 e.